The van der Waals surface area contributed by atoms with E-state index in [1.807, 2.05) is 19.9 Å². The largest absolute Gasteiger partial charge is 0.238 e. The number of nitrogens with zero attached hydrogens (tertiary/aromatic N) is 5. The second-order valence-electron chi connectivity index (χ2n) is 3.60. The van der Waals surface area contributed by atoms with Crippen LogP contribution in [0, 0.1) is 32.1 Å². The molecule has 0 atom stereocenters. The van der Waals surface area contributed by atoms with E-state index in [-0.39, 0.29) is 0 Å². The highest BCUT2D eigenvalue weighted by Gasteiger charge is 2.07. The highest BCUT2D eigenvalue weighted by Crippen LogP contribution is 2.10. The summed E-state index contributed by atoms with van der Waals surface area (Å²) >= 11 is 0. The molecular formula is C11H11N5. The third-order valence-electron chi connectivity index (χ3n) is 2.21. The molecule has 0 saturated carbocycles. The summed E-state index contributed by atoms with van der Waals surface area (Å²) in [5.41, 5.74) is 2.15. The van der Waals surface area contributed by atoms with Gasteiger partial charge in [0.05, 0.1) is 17.5 Å². The first-order valence-electron chi connectivity index (χ1n) is 4.89. The van der Waals surface area contributed by atoms with Crippen LogP contribution in [-0.2, 0) is 0 Å². The van der Waals surface area contributed by atoms with Crippen LogP contribution in [0.5, 0.6) is 0 Å². The molecular weight excluding hydrogens is 202 g/mol. The average molecular weight is 213 g/mol. The van der Waals surface area contributed by atoms with Crippen molar-refractivity contribution in [2.75, 3.05) is 0 Å². The van der Waals surface area contributed by atoms with Crippen LogP contribution in [0.25, 0.3) is 5.82 Å². The third-order valence-corrected chi connectivity index (χ3v) is 2.21. The molecule has 2 heterocycles. The van der Waals surface area contributed by atoms with Crippen molar-refractivity contribution in [1.29, 1.82) is 5.26 Å². The zero-order valence-electron chi connectivity index (χ0n) is 9.39. The minimum absolute atomic E-state index is 0.564. The van der Waals surface area contributed by atoms with Crippen molar-refractivity contribution in [3.8, 4) is 11.9 Å². The minimum atomic E-state index is 0.564. The Bertz CT molecular complexity index is 556. The SMILES string of the molecule is Cc1cc(-n2cc(C#N)c(C)n2)nc(C)n1. The van der Waals surface area contributed by atoms with Gasteiger partial charge >= 0.3 is 0 Å². The van der Waals surface area contributed by atoms with Crippen LogP contribution in [0.3, 0.4) is 0 Å². The van der Waals surface area contributed by atoms with E-state index in [9.17, 15) is 0 Å². The first-order valence-corrected chi connectivity index (χ1v) is 4.89. The Hall–Kier alpha value is -2.22. The van der Waals surface area contributed by atoms with Crippen LogP contribution in [0.15, 0.2) is 12.3 Å². The fourth-order valence-corrected chi connectivity index (χ4v) is 1.50. The lowest BCUT2D eigenvalue weighted by molar-refractivity contribution is 0.811. The van der Waals surface area contributed by atoms with Crippen LogP contribution >= 0.6 is 0 Å². The highest BCUT2D eigenvalue weighted by atomic mass is 15.3. The molecule has 5 nitrogen and oxygen atoms in total. The molecule has 2 rings (SSSR count). The number of nitriles is 1. The summed E-state index contributed by atoms with van der Waals surface area (Å²) in [4.78, 5) is 8.46. The Morgan fingerprint density at radius 1 is 1.25 bits per heavy atom. The Labute approximate surface area is 93.4 Å². The van der Waals surface area contributed by atoms with Crippen molar-refractivity contribution in [1.82, 2.24) is 19.7 Å². The lowest BCUT2D eigenvalue weighted by Crippen LogP contribution is -2.02. The van der Waals surface area contributed by atoms with Gasteiger partial charge in [0.15, 0.2) is 5.82 Å². The van der Waals surface area contributed by atoms with Gasteiger partial charge < -0.3 is 0 Å². The molecule has 5 heteroatoms. The van der Waals surface area contributed by atoms with Crippen molar-refractivity contribution < 1.29 is 0 Å². The molecule has 80 valence electrons. The Balaban J connectivity index is 2.55. The molecule has 16 heavy (non-hydrogen) atoms. The van der Waals surface area contributed by atoms with Crippen LogP contribution in [0.2, 0.25) is 0 Å². The summed E-state index contributed by atoms with van der Waals surface area (Å²) in [6.45, 7) is 5.54. The van der Waals surface area contributed by atoms with Crippen molar-refractivity contribution >= 4 is 0 Å². The van der Waals surface area contributed by atoms with Gasteiger partial charge in [0.25, 0.3) is 0 Å². The molecule has 2 aromatic rings. The van der Waals surface area contributed by atoms with E-state index in [2.05, 4.69) is 21.1 Å². The van der Waals surface area contributed by atoms with Gasteiger partial charge in [-0.05, 0) is 20.8 Å². The first-order chi connectivity index (χ1) is 7.60. The monoisotopic (exact) mass is 213 g/mol. The summed E-state index contributed by atoms with van der Waals surface area (Å²) in [5, 5.41) is 13.1. The topological polar surface area (TPSA) is 67.4 Å². The van der Waals surface area contributed by atoms with Gasteiger partial charge in [0, 0.05) is 11.8 Å². The van der Waals surface area contributed by atoms with Crippen LogP contribution in [0.1, 0.15) is 22.8 Å². The maximum absolute atomic E-state index is 8.85. The van der Waals surface area contributed by atoms with Crippen LogP contribution < -0.4 is 0 Å². The smallest absolute Gasteiger partial charge is 0.157 e. The van der Waals surface area contributed by atoms with Gasteiger partial charge in [-0.25, -0.2) is 14.6 Å². The predicted molar refractivity (Wildman–Crippen MR) is 58.1 cm³/mol. The van der Waals surface area contributed by atoms with Gasteiger partial charge in [0.1, 0.15) is 11.9 Å². The second-order valence-corrected chi connectivity index (χ2v) is 3.60. The highest BCUT2D eigenvalue weighted by molar-refractivity contribution is 5.34. The molecule has 0 aromatic carbocycles. The second kappa shape index (κ2) is 3.74. The molecule has 0 unspecified atom stereocenters. The summed E-state index contributed by atoms with van der Waals surface area (Å²) in [5.74, 6) is 1.39. The lowest BCUT2D eigenvalue weighted by Gasteiger charge is -2.02. The van der Waals surface area contributed by atoms with Crippen molar-refractivity contribution in [2.45, 2.75) is 20.8 Å². The number of rotatable bonds is 1. The normalized spacial score (nSPS) is 10.1. The van der Waals surface area contributed by atoms with Gasteiger partial charge in [-0.15, -0.1) is 0 Å². The van der Waals surface area contributed by atoms with E-state index in [1.165, 1.54) is 0 Å². The first kappa shape index (κ1) is 10.3. The van der Waals surface area contributed by atoms with Gasteiger partial charge in [0.2, 0.25) is 0 Å². The number of hydrogen-bond donors (Lipinski definition) is 0. The van der Waals surface area contributed by atoms with Crippen molar-refractivity contribution in [3.63, 3.8) is 0 Å². The van der Waals surface area contributed by atoms with Gasteiger partial charge in [-0.1, -0.05) is 0 Å². The summed E-state index contributed by atoms with van der Waals surface area (Å²) in [6, 6.07) is 3.92. The van der Waals surface area contributed by atoms with E-state index in [1.54, 1.807) is 17.8 Å². The van der Waals surface area contributed by atoms with E-state index < -0.39 is 0 Å². The molecule has 2 aromatic heterocycles. The molecule has 0 aliphatic carbocycles. The molecule has 0 aliphatic heterocycles. The molecule has 0 saturated heterocycles. The number of aromatic nitrogens is 4. The Kier molecular flexibility index (Phi) is 2.41. The fraction of sp³-hybridized carbons (Fsp3) is 0.273. The molecule has 0 amide bonds. The Morgan fingerprint density at radius 3 is 2.56 bits per heavy atom. The summed E-state index contributed by atoms with van der Waals surface area (Å²) in [7, 11) is 0. The maximum Gasteiger partial charge on any atom is 0.157 e. The van der Waals surface area contributed by atoms with E-state index >= 15 is 0 Å². The zero-order valence-corrected chi connectivity index (χ0v) is 9.39. The molecule has 0 spiro atoms. The fourth-order valence-electron chi connectivity index (χ4n) is 1.50. The molecule has 0 aliphatic rings. The van der Waals surface area contributed by atoms with E-state index in [4.69, 9.17) is 5.26 Å². The molecule has 0 fully saturated rings. The molecule has 0 bridgehead atoms. The quantitative estimate of drug-likeness (QED) is 0.719. The minimum Gasteiger partial charge on any atom is -0.238 e. The lowest BCUT2D eigenvalue weighted by atomic mass is 10.3. The summed E-state index contributed by atoms with van der Waals surface area (Å²) < 4.78 is 1.61. The number of aryl methyl sites for hydroxylation is 3. The van der Waals surface area contributed by atoms with E-state index in [0.29, 0.717) is 22.9 Å². The van der Waals surface area contributed by atoms with Crippen LogP contribution in [-0.4, -0.2) is 19.7 Å². The zero-order chi connectivity index (χ0) is 11.7. The predicted octanol–water partition coefficient (Wildman–Crippen LogP) is 1.46. The average Bonchev–Trinajstić information content (AvgIpc) is 2.58. The molecule has 0 radical (unpaired) electrons. The third kappa shape index (κ3) is 1.77. The summed E-state index contributed by atoms with van der Waals surface area (Å²) in [6.07, 6.45) is 1.68. The van der Waals surface area contributed by atoms with Gasteiger partial charge in [-0.2, -0.15) is 10.4 Å². The molecule has 0 N–H and O–H groups in total. The number of hydrogen-bond acceptors (Lipinski definition) is 4. The Morgan fingerprint density at radius 2 is 2.00 bits per heavy atom. The standard InChI is InChI=1S/C11H11N5/c1-7-4-11(14-9(3)13-7)16-6-10(5-12)8(2)15-16/h4,6H,1-3H3. The van der Waals surface area contributed by atoms with Crippen LogP contribution in [0.4, 0.5) is 0 Å². The maximum atomic E-state index is 8.85. The van der Waals surface area contributed by atoms with Crippen molar-refractivity contribution in [3.05, 3.63) is 35.0 Å². The van der Waals surface area contributed by atoms with E-state index in [0.717, 1.165) is 5.69 Å². The van der Waals surface area contributed by atoms with Crippen molar-refractivity contribution in [2.24, 2.45) is 0 Å². The van der Waals surface area contributed by atoms with Gasteiger partial charge in [-0.3, -0.25) is 0 Å².